The van der Waals surface area contributed by atoms with Crippen molar-refractivity contribution in [2.75, 3.05) is 0 Å². The number of phenolic OH excluding ortho intramolecular Hbond substituents is 3. The van der Waals surface area contributed by atoms with Crippen LogP contribution in [0.5, 0.6) is 17.2 Å². The van der Waals surface area contributed by atoms with Crippen LogP contribution in [0.15, 0.2) is 42.5 Å². The molecule has 0 atom stereocenters. The number of aromatic hydroxyl groups is 3. The van der Waals surface area contributed by atoms with Crippen LogP contribution >= 0.6 is 0 Å². The molecule has 0 saturated carbocycles. The Balaban J connectivity index is 2.50. The van der Waals surface area contributed by atoms with E-state index in [4.69, 9.17) is 0 Å². The molecule has 3 rings (SSSR count). The Hall–Kier alpha value is -2.42. The van der Waals surface area contributed by atoms with Crippen molar-refractivity contribution < 1.29 is 15.3 Å². The van der Waals surface area contributed by atoms with E-state index in [0.717, 1.165) is 21.5 Å². The first-order chi connectivity index (χ1) is 8.15. The van der Waals surface area contributed by atoms with E-state index >= 15 is 0 Å². The Labute approximate surface area is 97.2 Å². The molecule has 0 aromatic heterocycles. The monoisotopic (exact) mass is 226 g/mol. The largest absolute Gasteiger partial charge is 0.508 e. The van der Waals surface area contributed by atoms with Crippen LogP contribution in [0.1, 0.15) is 0 Å². The maximum Gasteiger partial charge on any atom is 0.158 e. The molecule has 0 unspecified atom stereocenters. The third kappa shape index (κ3) is 1.44. The zero-order valence-electron chi connectivity index (χ0n) is 8.88. The van der Waals surface area contributed by atoms with Gasteiger partial charge in [0.15, 0.2) is 11.5 Å². The van der Waals surface area contributed by atoms with Crippen molar-refractivity contribution in [2.24, 2.45) is 0 Å². The van der Waals surface area contributed by atoms with E-state index in [0.29, 0.717) is 0 Å². The summed E-state index contributed by atoms with van der Waals surface area (Å²) < 4.78 is 0. The van der Waals surface area contributed by atoms with Gasteiger partial charge in [0, 0.05) is 0 Å². The van der Waals surface area contributed by atoms with Crippen LogP contribution in [-0.4, -0.2) is 15.3 Å². The molecule has 0 aliphatic carbocycles. The van der Waals surface area contributed by atoms with Gasteiger partial charge >= 0.3 is 0 Å². The summed E-state index contributed by atoms with van der Waals surface area (Å²) in [6.07, 6.45) is 0. The Morgan fingerprint density at radius 1 is 0.588 bits per heavy atom. The maximum absolute atomic E-state index is 9.53. The number of hydrogen-bond acceptors (Lipinski definition) is 3. The van der Waals surface area contributed by atoms with Crippen molar-refractivity contribution in [3.8, 4) is 17.2 Å². The van der Waals surface area contributed by atoms with E-state index in [9.17, 15) is 15.3 Å². The molecular weight excluding hydrogens is 216 g/mol. The van der Waals surface area contributed by atoms with Crippen LogP contribution in [0.3, 0.4) is 0 Å². The van der Waals surface area contributed by atoms with Crippen molar-refractivity contribution in [1.82, 2.24) is 0 Å². The number of rotatable bonds is 0. The third-order valence-electron chi connectivity index (χ3n) is 2.91. The minimum atomic E-state index is -0.141. The van der Waals surface area contributed by atoms with Gasteiger partial charge in [-0.25, -0.2) is 0 Å². The molecular formula is C14H10O3. The topological polar surface area (TPSA) is 60.7 Å². The molecule has 0 aliphatic heterocycles. The van der Waals surface area contributed by atoms with Gasteiger partial charge in [-0.3, -0.25) is 0 Å². The molecule has 0 heterocycles. The average molecular weight is 226 g/mol. The van der Waals surface area contributed by atoms with Gasteiger partial charge in [-0.05, 0) is 45.8 Å². The summed E-state index contributed by atoms with van der Waals surface area (Å²) in [5, 5.41) is 31.9. The first-order valence-corrected chi connectivity index (χ1v) is 5.22. The molecule has 3 aromatic rings. The third-order valence-corrected chi connectivity index (χ3v) is 2.91. The van der Waals surface area contributed by atoms with Crippen molar-refractivity contribution >= 4 is 21.5 Å². The van der Waals surface area contributed by atoms with E-state index in [-0.39, 0.29) is 17.2 Å². The van der Waals surface area contributed by atoms with Crippen LogP contribution in [0.25, 0.3) is 21.5 Å². The first-order valence-electron chi connectivity index (χ1n) is 5.22. The second-order valence-electron chi connectivity index (χ2n) is 4.03. The molecule has 3 aromatic carbocycles. The molecule has 0 aliphatic rings. The normalized spacial score (nSPS) is 11.1. The van der Waals surface area contributed by atoms with E-state index < -0.39 is 0 Å². The van der Waals surface area contributed by atoms with E-state index in [1.807, 2.05) is 12.1 Å². The predicted octanol–water partition coefficient (Wildman–Crippen LogP) is 3.11. The van der Waals surface area contributed by atoms with Crippen LogP contribution in [0.2, 0.25) is 0 Å². The van der Waals surface area contributed by atoms with Crippen molar-refractivity contribution in [2.45, 2.75) is 0 Å². The number of benzene rings is 3. The molecule has 3 heteroatoms. The summed E-state index contributed by atoms with van der Waals surface area (Å²) in [7, 11) is 0. The second kappa shape index (κ2) is 3.28. The van der Waals surface area contributed by atoms with Crippen molar-refractivity contribution in [3.63, 3.8) is 0 Å². The summed E-state index contributed by atoms with van der Waals surface area (Å²) in [5.74, 6) is -0.0615. The number of fused-ring (bicyclic) bond motifs is 3. The quantitative estimate of drug-likeness (QED) is 0.407. The fourth-order valence-electron chi connectivity index (χ4n) is 2.08. The highest BCUT2D eigenvalue weighted by atomic mass is 16.3. The second-order valence-corrected chi connectivity index (χ2v) is 4.03. The lowest BCUT2D eigenvalue weighted by molar-refractivity contribution is 0.405. The highest BCUT2D eigenvalue weighted by Crippen LogP contribution is 2.34. The van der Waals surface area contributed by atoms with Gasteiger partial charge in [0.05, 0.1) is 0 Å². The summed E-state index contributed by atoms with van der Waals surface area (Å²) >= 11 is 0. The minimum Gasteiger partial charge on any atom is -0.508 e. The van der Waals surface area contributed by atoms with Gasteiger partial charge in [-0.15, -0.1) is 0 Å². The SMILES string of the molecule is Oc1ccc2c(ccc3cc(O)c(O)cc32)c1. The minimum absolute atomic E-state index is 0.129. The Morgan fingerprint density at radius 3 is 2.00 bits per heavy atom. The summed E-state index contributed by atoms with van der Waals surface area (Å²) in [6.45, 7) is 0. The molecule has 3 nitrogen and oxygen atoms in total. The lowest BCUT2D eigenvalue weighted by Gasteiger charge is -2.06. The lowest BCUT2D eigenvalue weighted by Crippen LogP contribution is -1.78. The van der Waals surface area contributed by atoms with Crippen LogP contribution in [0, 0.1) is 0 Å². The fraction of sp³-hybridized carbons (Fsp3) is 0. The van der Waals surface area contributed by atoms with Gasteiger partial charge in [0.2, 0.25) is 0 Å². The summed E-state index contributed by atoms with van der Waals surface area (Å²) in [4.78, 5) is 0. The summed E-state index contributed by atoms with van der Waals surface area (Å²) in [5.41, 5.74) is 0. The first kappa shape index (κ1) is 9.78. The van der Waals surface area contributed by atoms with E-state index in [1.54, 1.807) is 18.2 Å². The molecule has 0 radical (unpaired) electrons. The molecule has 3 N–H and O–H groups in total. The van der Waals surface area contributed by atoms with Crippen LogP contribution < -0.4 is 0 Å². The molecule has 84 valence electrons. The van der Waals surface area contributed by atoms with Gasteiger partial charge in [0.1, 0.15) is 5.75 Å². The molecule has 0 saturated heterocycles. The standard InChI is InChI=1S/C14H10O3/c15-10-3-4-11-8(5-10)1-2-9-6-13(16)14(17)7-12(9)11/h1-7,15-17H. The molecule has 0 amide bonds. The molecule has 0 fully saturated rings. The van der Waals surface area contributed by atoms with Gasteiger partial charge in [-0.1, -0.05) is 18.2 Å². The zero-order chi connectivity index (χ0) is 12.0. The van der Waals surface area contributed by atoms with Crippen LogP contribution in [0.4, 0.5) is 0 Å². The highest BCUT2D eigenvalue weighted by Gasteiger charge is 2.06. The number of phenols is 3. The Morgan fingerprint density at radius 2 is 1.24 bits per heavy atom. The van der Waals surface area contributed by atoms with Gasteiger partial charge in [0.25, 0.3) is 0 Å². The van der Waals surface area contributed by atoms with Crippen LogP contribution in [-0.2, 0) is 0 Å². The molecule has 0 spiro atoms. The highest BCUT2D eigenvalue weighted by molar-refractivity contribution is 6.08. The average Bonchev–Trinajstić information content (AvgIpc) is 2.30. The van der Waals surface area contributed by atoms with Gasteiger partial charge < -0.3 is 15.3 Å². The van der Waals surface area contributed by atoms with Crippen molar-refractivity contribution in [3.05, 3.63) is 42.5 Å². The predicted molar refractivity (Wildman–Crippen MR) is 66.4 cm³/mol. The molecule has 17 heavy (non-hydrogen) atoms. The Kier molecular flexibility index (Phi) is 1.89. The Bertz CT molecular complexity index is 732. The summed E-state index contributed by atoms with van der Waals surface area (Å²) in [6, 6.07) is 11.8. The maximum atomic E-state index is 9.53. The molecule has 0 bridgehead atoms. The van der Waals surface area contributed by atoms with Crippen molar-refractivity contribution in [1.29, 1.82) is 0 Å². The van der Waals surface area contributed by atoms with Gasteiger partial charge in [-0.2, -0.15) is 0 Å². The smallest absolute Gasteiger partial charge is 0.158 e. The zero-order valence-corrected chi connectivity index (χ0v) is 8.88. The fourth-order valence-corrected chi connectivity index (χ4v) is 2.08. The number of hydrogen-bond donors (Lipinski definition) is 3. The lowest BCUT2D eigenvalue weighted by atomic mass is 10.0. The van der Waals surface area contributed by atoms with E-state index in [2.05, 4.69) is 0 Å². The van der Waals surface area contributed by atoms with E-state index in [1.165, 1.54) is 12.1 Å².